The molecule has 0 aliphatic rings. The van der Waals surface area contributed by atoms with E-state index in [4.69, 9.17) is 4.74 Å². The molecule has 0 bridgehead atoms. The van der Waals surface area contributed by atoms with Crippen LogP contribution >= 0.6 is 0 Å². The maximum Gasteiger partial charge on any atom is 0.237 e. The fraction of sp³-hybridized carbons (Fsp3) is 0.111. The number of nitriles is 1. The van der Waals surface area contributed by atoms with E-state index in [0.29, 0.717) is 17.2 Å². The Hall–Kier alpha value is -2.86. The van der Waals surface area contributed by atoms with Crippen molar-refractivity contribution >= 4 is 10.9 Å². The fourth-order valence-corrected chi connectivity index (χ4v) is 2.36. The second kappa shape index (κ2) is 5.26. The molecule has 3 nitrogen and oxygen atoms in total. The third-order valence-electron chi connectivity index (χ3n) is 3.22. The van der Waals surface area contributed by atoms with Crippen molar-refractivity contribution in [2.75, 3.05) is 0 Å². The van der Waals surface area contributed by atoms with Crippen LogP contribution in [0.25, 0.3) is 10.9 Å². The van der Waals surface area contributed by atoms with E-state index in [2.05, 4.69) is 17.1 Å². The second-order valence-corrected chi connectivity index (χ2v) is 5.07. The molecule has 1 aromatic heterocycles. The lowest BCUT2D eigenvalue weighted by Crippen LogP contribution is -1.94. The second-order valence-electron chi connectivity index (χ2n) is 5.07. The van der Waals surface area contributed by atoms with Crippen molar-refractivity contribution in [3.8, 4) is 17.7 Å². The van der Waals surface area contributed by atoms with Gasteiger partial charge in [0.25, 0.3) is 0 Å². The van der Waals surface area contributed by atoms with Gasteiger partial charge < -0.3 is 4.74 Å². The van der Waals surface area contributed by atoms with Gasteiger partial charge in [-0.15, -0.1) is 0 Å². The monoisotopic (exact) mass is 274 g/mol. The number of fused-ring (bicyclic) bond motifs is 1. The van der Waals surface area contributed by atoms with E-state index in [1.54, 1.807) is 6.07 Å². The lowest BCUT2D eigenvalue weighted by molar-refractivity contribution is 0.462. The van der Waals surface area contributed by atoms with Crippen LogP contribution in [0.15, 0.2) is 48.5 Å². The van der Waals surface area contributed by atoms with E-state index in [9.17, 15) is 5.26 Å². The van der Waals surface area contributed by atoms with Crippen molar-refractivity contribution in [1.82, 2.24) is 4.98 Å². The normalized spacial score (nSPS) is 10.3. The van der Waals surface area contributed by atoms with Crippen molar-refractivity contribution in [3.63, 3.8) is 0 Å². The molecule has 102 valence electrons. The molecular weight excluding hydrogens is 260 g/mol. The molecule has 1 heterocycles. The number of hydrogen-bond acceptors (Lipinski definition) is 3. The first-order valence-electron chi connectivity index (χ1n) is 6.72. The molecule has 0 atom stereocenters. The van der Waals surface area contributed by atoms with Gasteiger partial charge in [-0.05, 0) is 49.2 Å². The molecule has 0 unspecified atom stereocenters. The van der Waals surface area contributed by atoms with Crippen LogP contribution in [0.5, 0.6) is 11.6 Å². The predicted molar refractivity (Wildman–Crippen MR) is 82.4 cm³/mol. The molecule has 21 heavy (non-hydrogen) atoms. The van der Waals surface area contributed by atoms with Crippen molar-refractivity contribution in [2.24, 2.45) is 0 Å². The third kappa shape index (κ3) is 2.70. The third-order valence-corrected chi connectivity index (χ3v) is 3.22. The number of hydrogen-bond donors (Lipinski definition) is 0. The van der Waals surface area contributed by atoms with E-state index in [-0.39, 0.29) is 0 Å². The van der Waals surface area contributed by atoms with Gasteiger partial charge >= 0.3 is 0 Å². The van der Waals surface area contributed by atoms with Crippen LogP contribution in [0.1, 0.15) is 16.7 Å². The zero-order chi connectivity index (χ0) is 14.8. The minimum atomic E-state index is 0.348. The van der Waals surface area contributed by atoms with Gasteiger partial charge in [0.15, 0.2) is 0 Å². The van der Waals surface area contributed by atoms with Crippen molar-refractivity contribution in [2.45, 2.75) is 13.8 Å². The summed E-state index contributed by atoms with van der Waals surface area (Å²) in [6, 6.07) is 17.6. The maximum atomic E-state index is 9.30. The molecule has 3 heteroatoms. The Balaban J connectivity index is 2.09. The number of pyridine rings is 1. The van der Waals surface area contributed by atoms with Gasteiger partial charge in [-0.2, -0.15) is 5.26 Å². The zero-order valence-electron chi connectivity index (χ0n) is 11.9. The van der Waals surface area contributed by atoms with Gasteiger partial charge in [0.05, 0.1) is 5.52 Å². The van der Waals surface area contributed by atoms with Gasteiger partial charge in [-0.25, -0.2) is 4.98 Å². The highest BCUT2D eigenvalue weighted by atomic mass is 16.5. The standard InChI is InChI=1S/C18H14N2O/c1-12-7-13(2)9-16(8-12)21-18-15(11-19)10-14-5-3-4-6-17(14)20-18/h3-10H,1-2H3. The topological polar surface area (TPSA) is 45.9 Å². The number of benzene rings is 2. The minimum absolute atomic E-state index is 0.348. The molecule has 2 aromatic carbocycles. The van der Waals surface area contributed by atoms with Gasteiger partial charge in [-0.3, -0.25) is 0 Å². The van der Waals surface area contributed by atoms with Gasteiger partial charge in [0.2, 0.25) is 5.88 Å². The van der Waals surface area contributed by atoms with Gasteiger partial charge in [0.1, 0.15) is 17.4 Å². The van der Waals surface area contributed by atoms with Gasteiger partial charge in [0, 0.05) is 5.39 Å². The average molecular weight is 274 g/mol. The number of nitrogens with zero attached hydrogens (tertiary/aromatic N) is 2. The fourth-order valence-electron chi connectivity index (χ4n) is 2.36. The molecule has 0 saturated carbocycles. The molecule has 0 saturated heterocycles. The Morgan fingerprint density at radius 2 is 1.71 bits per heavy atom. The van der Waals surface area contributed by atoms with Crippen LogP contribution in [-0.4, -0.2) is 4.98 Å². The highest BCUT2D eigenvalue weighted by Gasteiger charge is 2.09. The number of aryl methyl sites for hydroxylation is 2. The van der Waals surface area contributed by atoms with E-state index in [1.165, 1.54) is 0 Å². The summed E-state index contributed by atoms with van der Waals surface area (Å²) in [5.41, 5.74) is 3.48. The summed E-state index contributed by atoms with van der Waals surface area (Å²) >= 11 is 0. The molecule has 0 aliphatic carbocycles. The van der Waals surface area contributed by atoms with Crippen LogP contribution in [0.4, 0.5) is 0 Å². The first-order chi connectivity index (χ1) is 10.2. The molecule has 0 aliphatic heterocycles. The largest absolute Gasteiger partial charge is 0.438 e. The molecule has 3 aromatic rings. The Labute approximate surface area is 123 Å². The van der Waals surface area contributed by atoms with E-state index < -0.39 is 0 Å². The molecule has 0 fully saturated rings. The van der Waals surface area contributed by atoms with Crippen LogP contribution < -0.4 is 4.74 Å². The van der Waals surface area contributed by atoms with Crippen LogP contribution in [0.3, 0.4) is 0 Å². The summed E-state index contributed by atoms with van der Waals surface area (Å²) in [7, 11) is 0. The Morgan fingerprint density at radius 3 is 2.43 bits per heavy atom. The lowest BCUT2D eigenvalue weighted by atomic mass is 10.1. The van der Waals surface area contributed by atoms with Gasteiger partial charge in [-0.1, -0.05) is 24.3 Å². The summed E-state index contributed by atoms with van der Waals surface area (Å²) in [4.78, 5) is 4.46. The Morgan fingerprint density at radius 1 is 1.00 bits per heavy atom. The SMILES string of the molecule is Cc1cc(C)cc(Oc2nc3ccccc3cc2C#N)c1. The predicted octanol–water partition coefficient (Wildman–Crippen LogP) is 4.52. The number of ether oxygens (including phenoxy) is 1. The van der Waals surface area contributed by atoms with E-state index >= 15 is 0 Å². The zero-order valence-corrected chi connectivity index (χ0v) is 11.9. The van der Waals surface area contributed by atoms with Crippen molar-refractivity contribution in [1.29, 1.82) is 5.26 Å². The van der Waals surface area contributed by atoms with Crippen LogP contribution in [0.2, 0.25) is 0 Å². The Kier molecular flexibility index (Phi) is 3.29. The number of rotatable bonds is 2. The van der Waals surface area contributed by atoms with Crippen LogP contribution in [-0.2, 0) is 0 Å². The van der Waals surface area contributed by atoms with Crippen molar-refractivity contribution in [3.05, 3.63) is 65.2 Å². The smallest absolute Gasteiger partial charge is 0.237 e. The molecule has 0 N–H and O–H groups in total. The quantitative estimate of drug-likeness (QED) is 0.690. The van der Waals surface area contributed by atoms with E-state index in [0.717, 1.165) is 22.0 Å². The first kappa shape index (κ1) is 13.1. The highest BCUT2D eigenvalue weighted by molar-refractivity contribution is 5.81. The first-order valence-corrected chi connectivity index (χ1v) is 6.72. The minimum Gasteiger partial charge on any atom is -0.438 e. The van der Waals surface area contributed by atoms with E-state index in [1.807, 2.05) is 50.2 Å². The molecular formula is C18H14N2O. The maximum absolute atomic E-state index is 9.30. The lowest BCUT2D eigenvalue weighted by Gasteiger charge is -2.09. The molecule has 0 radical (unpaired) electrons. The van der Waals surface area contributed by atoms with Crippen molar-refractivity contribution < 1.29 is 4.74 Å². The van der Waals surface area contributed by atoms with Crippen LogP contribution in [0, 0.1) is 25.2 Å². The highest BCUT2D eigenvalue weighted by Crippen LogP contribution is 2.27. The molecule has 0 amide bonds. The molecule has 3 rings (SSSR count). The number of para-hydroxylation sites is 1. The molecule has 0 spiro atoms. The number of aromatic nitrogens is 1. The Bertz CT molecular complexity index is 842. The average Bonchev–Trinajstić information content (AvgIpc) is 2.45. The summed E-state index contributed by atoms with van der Waals surface area (Å²) in [5.74, 6) is 1.05. The summed E-state index contributed by atoms with van der Waals surface area (Å²) < 4.78 is 5.84. The summed E-state index contributed by atoms with van der Waals surface area (Å²) in [6.07, 6.45) is 0. The summed E-state index contributed by atoms with van der Waals surface area (Å²) in [6.45, 7) is 4.03. The summed E-state index contributed by atoms with van der Waals surface area (Å²) in [5, 5.41) is 10.2.